The van der Waals surface area contributed by atoms with Gasteiger partial charge in [0.05, 0.1) is 12.5 Å². The average molecular weight is 167 g/mol. The van der Waals surface area contributed by atoms with Gasteiger partial charge in [-0.1, -0.05) is 11.8 Å². The fraction of sp³-hybridized carbons (Fsp3) is 0.600. The molecule has 0 aromatic carbocycles. The van der Waals surface area contributed by atoms with Gasteiger partial charge in [-0.3, -0.25) is 4.99 Å². The molecule has 1 rings (SSSR count). The zero-order valence-corrected chi connectivity index (χ0v) is 5.67. The van der Waals surface area contributed by atoms with Crippen LogP contribution in [0.1, 0.15) is 6.42 Å². The molecule has 56 valence electrons. The van der Waals surface area contributed by atoms with Crippen LogP contribution in [0.4, 0.5) is 13.2 Å². The third-order valence-electron chi connectivity index (χ3n) is 0.937. The molecular formula is C5H4F3NS. The Morgan fingerprint density at radius 1 is 1.60 bits per heavy atom. The van der Waals surface area contributed by atoms with Gasteiger partial charge in [0.25, 0.3) is 0 Å². The van der Waals surface area contributed by atoms with Gasteiger partial charge in [-0.15, -0.1) is 0 Å². The first-order valence-corrected chi connectivity index (χ1v) is 3.46. The van der Waals surface area contributed by atoms with Gasteiger partial charge in [0.1, 0.15) is 5.55 Å². The van der Waals surface area contributed by atoms with E-state index < -0.39 is 18.6 Å². The van der Waals surface area contributed by atoms with E-state index in [1.807, 2.05) is 0 Å². The van der Waals surface area contributed by atoms with Crippen LogP contribution in [0.25, 0.3) is 0 Å². The highest BCUT2D eigenvalue weighted by Gasteiger charge is 2.32. The van der Waals surface area contributed by atoms with Crippen molar-refractivity contribution in [2.24, 2.45) is 4.99 Å². The molecule has 1 heterocycles. The Labute approximate surface area is 60.7 Å². The minimum Gasteiger partial charge on any atom is -0.271 e. The van der Waals surface area contributed by atoms with Crippen LogP contribution in [0.5, 0.6) is 0 Å². The summed E-state index contributed by atoms with van der Waals surface area (Å²) in [4.78, 5) is 3.46. The molecule has 10 heavy (non-hydrogen) atoms. The maximum absolute atomic E-state index is 11.6. The molecule has 0 saturated heterocycles. The number of hydrogen-bond acceptors (Lipinski definition) is 2. The first-order valence-electron chi connectivity index (χ1n) is 2.58. The second-order valence-electron chi connectivity index (χ2n) is 1.86. The van der Waals surface area contributed by atoms with E-state index in [2.05, 4.69) is 10.5 Å². The van der Waals surface area contributed by atoms with Crippen LogP contribution in [-0.2, 0) is 0 Å². The van der Waals surface area contributed by atoms with Gasteiger partial charge in [-0.05, 0) is 0 Å². The minimum atomic E-state index is -4.11. The van der Waals surface area contributed by atoms with Crippen LogP contribution in [-0.4, -0.2) is 17.8 Å². The second kappa shape index (κ2) is 2.82. The highest BCUT2D eigenvalue weighted by Crippen LogP contribution is 2.28. The lowest BCUT2D eigenvalue weighted by molar-refractivity contribution is -0.135. The van der Waals surface area contributed by atoms with Gasteiger partial charge < -0.3 is 0 Å². The van der Waals surface area contributed by atoms with Crippen molar-refractivity contribution in [3.8, 4) is 0 Å². The Bertz CT molecular complexity index is 142. The van der Waals surface area contributed by atoms with Gasteiger partial charge >= 0.3 is 6.18 Å². The fourth-order valence-electron chi connectivity index (χ4n) is 0.568. The molecule has 0 spiro atoms. The van der Waals surface area contributed by atoms with E-state index in [1.54, 1.807) is 0 Å². The number of halogens is 3. The molecule has 1 aliphatic heterocycles. The smallest absolute Gasteiger partial charge is 0.271 e. The molecule has 0 amide bonds. The highest BCUT2D eigenvalue weighted by atomic mass is 32.2. The first kappa shape index (κ1) is 7.91. The van der Waals surface area contributed by atoms with Gasteiger partial charge in [-0.2, -0.15) is 13.2 Å². The number of nitrogens with zero attached hydrogens (tertiary/aromatic N) is 1. The lowest BCUT2D eigenvalue weighted by Gasteiger charge is -2.08. The van der Waals surface area contributed by atoms with E-state index in [4.69, 9.17) is 0 Å². The van der Waals surface area contributed by atoms with Crippen LogP contribution < -0.4 is 0 Å². The zero-order chi connectivity index (χ0) is 7.61. The van der Waals surface area contributed by atoms with Crippen molar-refractivity contribution >= 4 is 17.3 Å². The van der Waals surface area contributed by atoms with Crippen molar-refractivity contribution in [3.63, 3.8) is 0 Å². The van der Waals surface area contributed by atoms with Gasteiger partial charge in [-0.25, -0.2) is 0 Å². The van der Waals surface area contributed by atoms with E-state index in [0.29, 0.717) is 0 Å². The Hall–Kier alpha value is -0.190. The Balaban J connectivity index is 2.31. The van der Waals surface area contributed by atoms with E-state index in [-0.39, 0.29) is 0 Å². The topological polar surface area (TPSA) is 12.4 Å². The molecule has 1 unspecified atom stereocenters. The Morgan fingerprint density at radius 3 is 2.70 bits per heavy atom. The third kappa shape index (κ3) is 2.60. The molecule has 0 aromatic heterocycles. The number of alkyl halides is 3. The predicted octanol–water partition coefficient (Wildman–Crippen LogP) is 2.12. The maximum Gasteiger partial charge on any atom is 0.391 e. The summed E-state index contributed by atoms with van der Waals surface area (Å²) in [5, 5.41) is 0. The summed E-state index contributed by atoms with van der Waals surface area (Å²) in [7, 11) is 0. The number of hydrogen-bond donors (Lipinski definition) is 0. The van der Waals surface area contributed by atoms with Crippen molar-refractivity contribution in [2.75, 3.05) is 0 Å². The number of rotatable bonds is 1. The van der Waals surface area contributed by atoms with Gasteiger partial charge in [0.2, 0.25) is 0 Å². The Kier molecular flexibility index (Phi) is 2.23. The van der Waals surface area contributed by atoms with Crippen molar-refractivity contribution in [1.29, 1.82) is 0 Å². The van der Waals surface area contributed by atoms with Crippen molar-refractivity contribution in [2.45, 2.75) is 18.6 Å². The largest absolute Gasteiger partial charge is 0.391 e. The molecular weight excluding hydrogens is 163 g/mol. The molecule has 0 aromatic rings. The number of thioether (sulfide) groups is 1. The van der Waals surface area contributed by atoms with Gasteiger partial charge in [0.15, 0.2) is 0 Å². The maximum atomic E-state index is 11.6. The van der Waals surface area contributed by atoms with Crippen molar-refractivity contribution < 1.29 is 13.2 Å². The van der Waals surface area contributed by atoms with Crippen molar-refractivity contribution in [3.05, 3.63) is 5.75 Å². The lowest BCUT2D eigenvalue weighted by atomic mass is 10.2. The van der Waals surface area contributed by atoms with E-state index in [0.717, 1.165) is 11.8 Å². The molecule has 2 radical (unpaired) electrons. The zero-order valence-electron chi connectivity index (χ0n) is 4.85. The van der Waals surface area contributed by atoms with Crippen LogP contribution in [0, 0.1) is 5.75 Å². The van der Waals surface area contributed by atoms with E-state index in [9.17, 15) is 13.2 Å². The summed E-state index contributed by atoms with van der Waals surface area (Å²) in [5.74, 6) is 1.42. The quantitative estimate of drug-likeness (QED) is 0.582. The van der Waals surface area contributed by atoms with Crippen LogP contribution >= 0.6 is 11.8 Å². The molecule has 0 N–H and O–H groups in total. The summed E-state index contributed by atoms with van der Waals surface area (Å²) in [6, 6.07) is -0.718. The SMILES string of the molecule is FC(F)(F)CC1[CH]S[C]=N1. The summed E-state index contributed by atoms with van der Waals surface area (Å²) < 4.78 is 34.8. The van der Waals surface area contributed by atoms with E-state index in [1.165, 1.54) is 5.75 Å². The monoisotopic (exact) mass is 167 g/mol. The highest BCUT2D eigenvalue weighted by molar-refractivity contribution is 8.14. The fourth-order valence-corrected chi connectivity index (χ4v) is 1.14. The molecule has 1 aliphatic rings. The minimum absolute atomic E-state index is 0.718. The summed E-state index contributed by atoms with van der Waals surface area (Å²) in [6.45, 7) is 0. The van der Waals surface area contributed by atoms with Crippen LogP contribution in [0.15, 0.2) is 4.99 Å². The standard InChI is InChI=1S/C5H4F3NS/c6-5(7,8)1-4-2-10-3-9-4/h2,4H,1H2. The summed E-state index contributed by atoms with van der Waals surface area (Å²) in [5.41, 5.74) is 2.38. The number of aliphatic imine (C=N–C) groups is 1. The molecule has 1 nitrogen and oxygen atoms in total. The van der Waals surface area contributed by atoms with Crippen LogP contribution in [0.2, 0.25) is 0 Å². The normalized spacial score (nSPS) is 25.7. The lowest BCUT2D eigenvalue weighted by Crippen LogP contribution is -2.15. The van der Waals surface area contributed by atoms with Crippen molar-refractivity contribution in [1.82, 2.24) is 0 Å². The molecule has 1 atom stereocenters. The molecule has 0 bridgehead atoms. The second-order valence-corrected chi connectivity index (χ2v) is 2.55. The summed E-state index contributed by atoms with van der Waals surface area (Å²) >= 11 is 1.08. The van der Waals surface area contributed by atoms with Gasteiger partial charge in [0, 0.05) is 5.75 Å². The molecule has 0 saturated carbocycles. The Morgan fingerprint density at radius 2 is 2.30 bits per heavy atom. The average Bonchev–Trinajstić information content (AvgIpc) is 2.12. The first-order chi connectivity index (χ1) is 4.58. The predicted molar refractivity (Wildman–Crippen MR) is 33.8 cm³/mol. The van der Waals surface area contributed by atoms with E-state index >= 15 is 0 Å². The third-order valence-corrected chi connectivity index (χ3v) is 1.60. The summed E-state index contributed by atoms with van der Waals surface area (Å²) in [6.07, 6.45) is -4.98. The molecule has 0 fully saturated rings. The molecule has 0 aliphatic carbocycles. The molecule has 5 heteroatoms. The van der Waals surface area contributed by atoms with Crippen LogP contribution in [0.3, 0.4) is 0 Å².